The number of carbonyl (C=O) groups is 1. The summed E-state index contributed by atoms with van der Waals surface area (Å²) in [6.45, 7) is 4.00. The van der Waals surface area contributed by atoms with E-state index in [0.717, 1.165) is 33.9 Å². The molecule has 2 aliphatic rings. The summed E-state index contributed by atoms with van der Waals surface area (Å²) < 4.78 is 2.09. The van der Waals surface area contributed by atoms with E-state index in [1.54, 1.807) is 11.0 Å². The molecule has 5 nitrogen and oxygen atoms in total. The fourth-order valence-corrected chi connectivity index (χ4v) is 5.09. The van der Waals surface area contributed by atoms with E-state index in [0.29, 0.717) is 10.2 Å². The summed E-state index contributed by atoms with van der Waals surface area (Å²) in [7, 11) is 0. The van der Waals surface area contributed by atoms with Gasteiger partial charge in [0.15, 0.2) is 5.17 Å². The summed E-state index contributed by atoms with van der Waals surface area (Å²) in [5.41, 5.74) is 5.88. The zero-order chi connectivity index (χ0) is 22.4. The summed E-state index contributed by atoms with van der Waals surface area (Å²) in [6.07, 6.45) is 1.76. The molecule has 2 aromatic carbocycles. The lowest BCUT2D eigenvalue weighted by Crippen LogP contribution is -2.38. The maximum atomic E-state index is 12.8. The molecule has 0 fully saturated rings. The van der Waals surface area contributed by atoms with Crippen molar-refractivity contribution in [1.82, 2.24) is 9.47 Å². The van der Waals surface area contributed by atoms with Gasteiger partial charge in [-0.3, -0.25) is 15.1 Å². The second-order valence-electron chi connectivity index (χ2n) is 7.57. The van der Waals surface area contributed by atoms with Crippen LogP contribution in [0.1, 0.15) is 22.5 Å². The van der Waals surface area contributed by atoms with Crippen molar-refractivity contribution in [3.8, 4) is 5.69 Å². The molecule has 7 heteroatoms. The van der Waals surface area contributed by atoms with Crippen molar-refractivity contribution in [1.29, 1.82) is 5.41 Å². The Morgan fingerprint density at radius 2 is 1.84 bits per heavy atom. The van der Waals surface area contributed by atoms with Gasteiger partial charge in [0.25, 0.3) is 5.91 Å². The van der Waals surface area contributed by atoms with Crippen LogP contribution in [0.3, 0.4) is 0 Å². The van der Waals surface area contributed by atoms with Crippen LogP contribution < -0.4 is 0 Å². The van der Waals surface area contributed by atoms with Gasteiger partial charge in [0, 0.05) is 27.5 Å². The van der Waals surface area contributed by atoms with Crippen molar-refractivity contribution in [2.24, 2.45) is 4.99 Å². The van der Waals surface area contributed by atoms with Crippen molar-refractivity contribution in [3.63, 3.8) is 0 Å². The van der Waals surface area contributed by atoms with Crippen molar-refractivity contribution >= 4 is 52.0 Å². The topological polar surface area (TPSA) is 61.5 Å². The van der Waals surface area contributed by atoms with Crippen molar-refractivity contribution < 1.29 is 4.79 Å². The Bertz CT molecular complexity index is 1370. The van der Waals surface area contributed by atoms with Gasteiger partial charge in [-0.2, -0.15) is 4.99 Å². The first-order chi connectivity index (χ1) is 15.4. The molecule has 0 bridgehead atoms. The number of aromatic nitrogens is 1. The van der Waals surface area contributed by atoms with Gasteiger partial charge in [-0.15, -0.1) is 0 Å². The highest BCUT2D eigenvalue weighted by Crippen LogP contribution is 2.37. The van der Waals surface area contributed by atoms with Gasteiger partial charge in [-0.1, -0.05) is 59.8 Å². The van der Waals surface area contributed by atoms with E-state index < -0.39 is 5.91 Å². The number of rotatable bonds is 3. The van der Waals surface area contributed by atoms with E-state index in [9.17, 15) is 4.79 Å². The van der Waals surface area contributed by atoms with Crippen LogP contribution in [0.2, 0.25) is 5.02 Å². The maximum Gasteiger partial charge on any atom is 0.283 e. The van der Waals surface area contributed by atoms with Gasteiger partial charge >= 0.3 is 0 Å². The second-order valence-corrected chi connectivity index (χ2v) is 8.84. The molecule has 2 aliphatic heterocycles. The van der Waals surface area contributed by atoms with E-state index in [4.69, 9.17) is 17.0 Å². The number of nitrogens with zero attached hydrogens (tertiary/aromatic N) is 3. The summed E-state index contributed by atoms with van der Waals surface area (Å²) in [6, 6.07) is 19.5. The average molecular weight is 459 g/mol. The Morgan fingerprint density at radius 3 is 2.59 bits per heavy atom. The number of carbonyl (C=O) groups excluding carboxylic acids is 1. The number of aliphatic imine (C=N–C) groups is 1. The highest BCUT2D eigenvalue weighted by Gasteiger charge is 2.36. The van der Waals surface area contributed by atoms with E-state index in [-0.39, 0.29) is 11.4 Å². The number of amidine groups is 2. The van der Waals surface area contributed by atoms with Crippen LogP contribution in [0.15, 0.2) is 76.6 Å². The Hall–Kier alpha value is -3.35. The number of halogens is 1. The Labute approximate surface area is 195 Å². The van der Waals surface area contributed by atoms with E-state index >= 15 is 0 Å². The second kappa shape index (κ2) is 7.97. The largest absolute Gasteiger partial charge is 0.318 e. The predicted octanol–water partition coefficient (Wildman–Crippen LogP) is 6.05. The number of thioether (sulfide) groups is 1. The van der Waals surface area contributed by atoms with Gasteiger partial charge in [0.1, 0.15) is 5.84 Å². The predicted molar refractivity (Wildman–Crippen MR) is 132 cm³/mol. The van der Waals surface area contributed by atoms with Gasteiger partial charge < -0.3 is 4.57 Å². The highest BCUT2D eigenvalue weighted by molar-refractivity contribution is 8.17. The van der Waals surface area contributed by atoms with Crippen LogP contribution >= 0.6 is 23.4 Å². The molecule has 158 valence electrons. The molecule has 1 aromatic heterocycles. The third kappa shape index (κ3) is 3.42. The summed E-state index contributed by atoms with van der Waals surface area (Å²) >= 11 is 7.55. The Kier molecular flexibility index (Phi) is 5.12. The summed E-state index contributed by atoms with van der Waals surface area (Å²) in [5.74, 6) is -0.267. The highest BCUT2D eigenvalue weighted by atomic mass is 35.5. The minimum Gasteiger partial charge on any atom is -0.318 e. The number of aryl methyl sites for hydroxylation is 1. The number of hydrogen-bond acceptors (Lipinski definition) is 3. The van der Waals surface area contributed by atoms with E-state index in [1.165, 1.54) is 11.8 Å². The first kappa shape index (κ1) is 20.5. The van der Waals surface area contributed by atoms with Crippen LogP contribution in [-0.2, 0) is 4.79 Å². The zero-order valence-corrected chi connectivity index (χ0v) is 19.0. The number of hydrogen-bond donors (Lipinski definition) is 1. The van der Waals surface area contributed by atoms with Crippen LogP contribution in [0.5, 0.6) is 0 Å². The molecule has 0 radical (unpaired) electrons. The van der Waals surface area contributed by atoms with Gasteiger partial charge in [-0.25, -0.2) is 0 Å². The van der Waals surface area contributed by atoms with Crippen LogP contribution in [0.4, 0.5) is 0 Å². The Balaban J connectivity index is 1.56. The van der Waals surface area contributed by atoms with E-state index in [2.05, 4.69) is 9.56 Å². The molecule has 0 saturated carbocycles. The number of nitrogens with one attached hydrogen (secondary N) is 1. The third-order valence-corrected chi connectivity index (χ3v) is 6.58. The smallest absolute Gasteiger partial charge is 0.283 e. The summed E-state index contributed by atoms with van der Waals surface area (Å²) in [5, 5.41) is 11.9. The molecule has 1 N–H and O–H groups in total. The monoisotopic (exact) mass is 458 g/mol. The third-order valence-electron chi connectivity index (χ3n) is 5.52. The molecule has 32 heavy (non-hydrogen) atoms. The van der Waals surface area contributed by atoms with Gasteiger partial charge in [0.2, 0.25) is 0 Å². The van der Waals surface area contributed by atoms with E-state index in [1.807, 2.05) is 79.9 Å². The molecule has 0 atom stereocenters. The number of benzene rings is 2. The van der Waals surface area contributed by atoms with Crippen molar-refractivity contribution in [3.05, 3.63) is 99.2 Å². The Morgan fingerprint density at radius 1 is 1.06 bits per heavy atom. The normalized spacial score (nSPS) is 17.0. The maximum absolute atomic E-state index is 12.8. The molecule has 0 spiro atoms. The lowest BCUT2D eigenvalue weighted by molar-refractivity contribution is -0.114. The summed E-state index contributed by atoms with van der Waals surface area (Å²) in [4.78, 5) is 18.8. The molecular formula is C25H19ClN4OS. The number of fused-ring (bicyclic) bond motifs is 1. The van der Waals surface area contributed by atoms with Gasteiger partial charge in [-0.05, 0) is 55.3 Å². The van der Waals surface area contributed by atoms with Gasteiger partial charge in [0.05, 0.1) is 11.3 Å². The minimum atomic E-state index is -0.399. The first-order valence-corrected chi connectivity index (χ1v) is 11.3. The molecule has 1 amide bonds. The zero-order valence-electron chi connectivity index (χ0n) is 17.5. The van der Waals surface area contributed by atoms with Crippen LogP contribution in [0.25, 0.3) is 17.5 Å². The van der Waals surface area contributed by atoms with Crippen LogP contribution in [0, 0.1) is 19.3 Å². The molecule has 0 aliphatic carbocycles. The molecule has 3 heterocycles. The minimum absolute atomic E-state index is 0.132. The molecule has 5 rings (SSSR count). The fourth-order valence-electron chi connectivity index (χ4n) is 4.02. The quantitative estimate of drug-likeness (QED) is 0.486. The molecule has 0 saturated heterocycles. The average Bonchev–Trinajstić information content (AvgIpc) is 3.32. The lowest BCUT2D eigenvalue weighted by Gasteiger charge is -2.26. The molecular weight excluding hydrogens is 440 g/mol. The van der Waals surface area contributed by atoms with Crippen molar-refractivity contribution in [2.45, 2.75) is 13.8 Å². The molecule has 3 aromatic rings. The lowest BCUT2D eigenvalue weighted by atomic mass is 10.1. The standard InChI is InChI=1S/C25H19ClN4OS/c1-15-11-18(16(2)29(15)20-10-6-9-19(26)13-20)12-21-23(27)30-22(17-7-4-3-5-8-17)14-32-25(30)28-24(21)31/h3-14,27H,1-2H3/b21-12-,27-23?. The van der Waals surface area contributed by atoms with Crippen LogP contribution in [-0.4, -0.2) is 26.4 Å². The number of amides is 1. The SMILES string of the molecule is Cc1cc(/C=C2/C(=N)N3C(c4ccccc4)=CSC3=NC2=O)c(C)n1-c1cccc(Cl)c1. The fraction of sp³-hybridized carbons (Fsp3) is 0.0800. The molecule has 0 unspecified atom stereocenters. The first-order valence-electron chi connectivity index (χ1n) is 10.0. The van der Waals surface area contributed by atoms with Crippen molar-refractivity contribution in [2.75, 3.05) is 0 Å².